The van der Waals surface area contributed by atoms with E-state index >= 15 is 0 Å². The van der Waals surface area contributed by atoms with E-state index in [1.54, 1.807) is 4.52 Å². The van der Waals surface area contributed by atoms with Crippen molar-refractivity contribution in [3.05, 3.63) is 50.7 Å². The summed E-state index contributed by atoms with van der Waals surface area (Å²) in [5, 5.41) is 4.71. The summed E-state index contributed by atoms with van der Waals surface area (Å²) in [6, 6.07) is 4.70. The van der Waals surface area contributed by atoms with Gasteiger partial charge in [0.1, 0.15) is 17.1 Å². The minimum Gasteiger partial charge on any atom is -0.497 e. The van der Waals surface area contributed by atoms with Crippen LogP contribution in [0.1, 0.15) is 37.9 Å². The van der Waals surface area contributed by atoms with Gasteiger partial charge in [-0.05, 0) is 37.5 Å². The van der Waals surface area contributed by atoms with Crippen LogP contribution in [0.2, 0.25) is 5.02 Å². The Hall–Kier alpha value is -2.34. The molecule has 2 heterocycles. The number of methoxy groups -OCH3 is 1. The zero-order valence-electron chi connectivity index (χ0n) is 15.4. The molecule has 0 unspecified atom stereocenters. The van der Waals surface area contributed by atoms with Crippen LogP contribution in [0.3, 0.4) is 0 Å². The first kappa shape index (κ1) is 18.5. The van der Waals surface area contributed by atoms with Gasteiger partial charge in [0.25, 0.3) is 5.56 Å². The number of aromatic nitrogens is 3. The Balaban J connectivity index is 2.42. The molecule has 3 rings (SSSR count). The second kappa shape index (κ2) is 6.76. The number of aryl methyl sites for hydroxylation is 1. The van der Waals surface area contributed by atoms with Crippen molar-refractivity contribution in [3.63, 3.8) is 0 Å². The van der Waals surface area contributed by atoms with E-state index in [0.29, 0.717) is 17.8 Å². The molecule has 0 aliphatic heterocycles. The maximum Gasteiger partial charge on any atom is 0.278 e. The van der Waals surface area contributed by atoms with E-state index in [1.807, 2.05) is 33.8 Å². The van der Waals surface area contributed by atoms with Crippen LogP contribution in [0.25, 0.3) is 16.9 Å². The van der Waals surface area contributed by atoms with Gasteiger partial charge in [0.05, 0.1) is 17.7 Å². The molecule has 0 bridgehead atoms. The second-order valence-corrected chi connectivity index (χ2v) is 6.90. The molecule has 1 aromatic carbocycles. The second-order valence-electron chi connectivity index (χ2n) is 6.50. The highest BCUT2D eigenvalue weighted by atomic mass is 35.5. The van der Waals surface area contributed by atoms with Gasteiger partial charge >= 0.3 is 0 Å². The lowest BCUT2D eigenvalue weighted by molar-refractivity contribution is 0.411. The summed E-state index contributed by atoms with van der Waals surface area (Å²) in [4.78, 5) is 13.1. The Kier molecular flexibility index (Phi) is 4.80. The summed E-state index contributed by atoms with van der Waals surface area (Å²) < 4.78 is 22.8. The van der Waals surface area contributed by atoms with Crippen molar-refractivity contribution in [1.29, 1.82) is 0 Å². The number of fused-ring (bicyclic) bond motifs is 1. The van der Waals surface area contributed by atoms with Gasteiger partial charge in [-0.25, -0.2) is 8.91 Å². The van der Waals surface area contributed by atoms with Crippen molar-refractivity contribution >= 4 is 17.1 Å². The monoisotopic (exact) mass is 377 g/mol. The first-order valence-corrected chi connectivity index (χ1v) is 8.84. The van der Waals surface area contributed by atoms with E-state index in [0.717, 1.165) is 11.3 Å². The van der Waals surface area contributed by atoms with E-state index in [4.69, 9.17) is 16.3 Å². The Morgan fingerprint density at radius 3 is 2.54 bits per heavy atom. The van der Waals surface area contributed by atoms with Gasteiger partial charge in [0.15, 0.2) is 5.82 Å². The summed E-state index contributed by atoms with van der Waals surface area (Å²) in [6.45, 7) is 8.10. The fraction of sp³-hybridized carbons (Fsp3) is 0.368. The van der Waals surface area contributed by atoms with Crippen LogP contribution in [0.15, 0.2) is 23.0 Å². The molecule has 2 aromatic heterocycles. The van der Waals surface area contributed by atoms with Crippen molar-refractivity contribution in [2.75, 3.05) is 7.11 Å². The molecule has 0 spiro atoms. The largest absolute Gasteiger partial charge is 0.497 e. The molecule has 0 fully saturated rings. The highest BCUT2D eigenvalue weighted by Gasteiger charge is 2.22. The molecular formula is C19H21ClFN3O2. The average Bonchev–Trinajstić information content (AvgIpc) is 2.92. The van der Waals surface area contributed by atoms with Gasteiger partial charge < -0.3 is 4.74 Å². The fourth-order valence-corrected chi connectivity index (χ4v) is 3.45. The third kappa shape index (κ3) is 2.78. The van der Waals surface area contributed by atoms with Crippen LogP contribution in [-0.4, -0.2) is 21.3 Å². The molecule has 0 radical (unpaired) electrons. The molecule has 0 amide bonds. The van der Waals surface area contributed by atoms with E-state index < -0.39 is 5.82 Å². The van der Waals surface area contributed by atoms with Crippen molar-refractivity contribution in [2.24, 2.45) is 0 Å². The molecular weight excluding hydrogens is 357 g/mol. The van der Waals surface area contributed by atoms with Gasteiger partial charge in [-0.15, -0.1) is 5.10 Å². The normalized spacial score (nSPS) is 11.5. The fourth-order valence-electron chi connectivity index (χ4n) is 3.17. The van der Waals surface area contributed by atoms with Crippen LogP contribution >= 0.6 is 11.6 Å². The zero-order chi connectivity index (χ0) is 19.2. The highest BCUT2D eigenvalue weighted by molar-refractivity contribution is 6.33. The number of ether oxygens (including phenoxy) is 1. The van der Waals surface area contributed by atoms with Crippen LogP contribution in [0, 0.1) is 12.7 Å². The Bertz CT molecular complexity index is 1030. The molecule has 7 heteroatoms. The molecule has 3 aromatic rings. The summed E-state index contributed by atoms with van der Waals surface area (Å²) in [5.74, 6) is 0.0912. The molecule has 0 N–H and O–H groups in total. The Morgan fingerprint density at radius 2 is 2.00 bits per heavy atom. The third-order valence-corrected chi connectivity index (χ3v) is 4.79. The van der Waals surface area contributed by atoms with Crippen molar-refractivity contribution < 1.29 is 9.13 Å². The average molecular weight is 378 g/mol. The van der Waals surface area contributed by atoms with E-state index in [2.05, 4.69) is 5.10 Å². The molecule has 138 valence electrons. The smallest absolute Gasteiger partial charge is 0.278 e. The summed E-state index contributed by atoms with van der Waals surface area (Å²) in [6.07, 6.45) is 0. The number of nitrogens with zero attached hydrogens (tertiary/aromatic N) is 3. The Labute approximate surface area is 156 Å². The molecule has 0 saturated carbocycles. The molecule has 5 nitrogen and oxygen atoms in total. The van der Waals surface area contributed by atoms with Gasteiger partial charge in [-0.3, -0.25) is 9.36 Å². The minimum atomic E-state index is -0.586. The van der Waals surface area contributed by atoms with Gasteiger partial charge in [0.2, 0.25) is 0 Å². The number of hydrogen-bond acceptors (Lipinski definition) is 3. The molecule has 0 aliphatic carbocycles. The topological polar surface area (TPSA) is 48.5 Å². The van der Waals surface area contributed by atoms with E-state index in [1.165, 1.54) is 23.8 Å². The van der Waals surface area contributed by atoms with E-state index in [9.17, 15) is 9.18 Å². The van der Waals surface area contributed by atoms with Gasteiger partial charge in [-0.2, -0.15) is 0 Å². The molecule has 0 aliphatic rings. The SMILES string of the molecule is CCn1c(-c2c(F)cc(OC)cc2Cl)nn2c(C)cc(C(C)C)c2c1=O. The molecule has 0 saturated heterocycles. The van der Waals surface area contributed by atoms with Gasteiger partial charge in [0, 0.05) is 18.3 Å². The lowest BCUT2D eigenvalue weighted by atomic mass is 10.1. The number of hydrogen-bond donors (Lipinski definition) is 0. The van der Waals surface area contributed by atoms with Crippen LogP contribution in [0.4, 0.5) is 4.39 Å². The standard InChI is InChI=1S/C19H21ClFN3O2/c1-6-23-18(16-14(20)8-12(26-5)9-15(16)21)22-24-11(4)7-13(10(2)3)17(24)19(23)25/h7-10H,6H2,1-5H3. The summed E-state index contributed by atoms with van der Waals surface area (Å²) in [5.41, 5.74) is 2.15. The van der Waals surface area contributed by atoms with Gasteiger partial charge in [-0.1, -0.05) is 25.4 Å². The molecule has 0 atom stereocenters. The zero-order valence-corrected chi connectivity index (χ0v) is 16.2. The minimum absolute atomic E-state index is 0.0903. The van der Waals surface area contributed by atoms with Crippen LogP contribution < -0.4 is 10.3 Å². The van der Waals surface area contributed by atoms with Crippen molar-refractivity contribution in [2.45, 2.75) is 40.2 Å². The quantitative estimate of drug-likeness (QED) is 0.676. The lowest BCUT2D eigenvalue weighted by Crippen LogP contribution is -2.26. The van der Waals surface area contributed by atoms with Crippen molar-refractivity contribution in [3.8, 4) is 17.1 Å². The summed E-state index contributed by atoms with van der Waals surface area (Å²) in [7, 11) is 1.44. The first-order valence-electron chi connectivity index (χ1n) is 8.46. The Morgan fingerprint density at radius 1 is 1.31 bits per heavy atom. The first-order chi connectivity index (χ1) is 12.3. The highest BCUT2D eigenvalue weighted by Crippen LogP contribution is 2.33. The predicted octanol–water partition coefficient (Wildman–Crippen LogP) is 4.42. The van der Waals surface area contributed by atoms with Crippen LogP contribution in [0.5, 0.6) is 5.75 Å². The number of rotatable bonds is 4. The maximum atomic E-state index is 14.7. The summed E-state index contributed by atoms with van der Waals surface area (Å²) >= 11 is 6.29. The maximum absolute atomic E-state index is 14.7. The van der Waals surface area contributed by atoms with Crippen molar-refractivity contribution in [1.82, 2.24) is 14.2 Å². The molecule has 26 heavy (non-hydrogen) atoms. The lowest BCUT2D eigenvalue weighted by Gasteiger charge is -2.15. The van der Waals surface area contributed by atoms with E-state index in [-0.39, 0.29) is 27.9 Å². The number of benzene rings is 1. The number of halogens is 2. The van der Waals surface area contributed by atoms with Crippen LogP contribution in [-0.2, 0) is 6.54 Å². The third-order valence-electron chi connectivity index (χ3n) is 4.50. The predicted molar refractivity (Wildman–Crippen MR) is 101 cm³/mol.